The van der Waals surface area contributed by atoms with Gasteiger partial charge in [-0.25, -0.2) is 0 Å². The lowest BCUT2D eigenvalue weighted by Crippen LogP contribution is -2.42. The predicted molar refractivity (Wildman–Crippen MR) is 131 cm³/mol. The van der Waals surface area contributed by atoms with Crippen molar-refractivity contribution in [3.8, 4) is 0 Å². The van der Waals surface area contributed by atoms with E-state index in [4.69, 9.17) is 0 Å². The van der Waals surface area contributed by atoms with Crippen LogP contribution in [0.4, 0.5) is 5.69 Å². The molecule has 6 rings (SSSR count). The highest BCUT2D eigenvalue weighted by Gasteiger charge is 2.39. The molecule has 0 spiro atoms. The zero-order valence-electron chi connectivity index (χ0n) is 19.8. The lowest BCUT2D eigenvalue weighted by atomic mass is 9.92. The molecule has 1 aromatic carbocycles. The summed E-state index contributed by atoms with van der Waals surface area (Å²) in [4.78, 5) is 42.5. The van der Waals surface area contributed by atoms with E-state index in [0.717, 1.165) is 25.1 Å². The monoisotopic (exact) mass is 473 g/mol. The number of aromatic nitrogens is 2. The van der Waals surface area contributed by atoms with E-state index in [1.165, 1.54) is 17.7 Å². The van der Waals surface area contributed by atoms with Gasteiger partial charge in [0.05, 0.1) is 23.4 Å². The molecule has 1 saturated heterocycles. The van der Waals surface area contributed by atoms with Gasteiger partial charge in [-0.15, -0.1) is 0 Å². The van der Waals surface area contributed by atoms with E-state index in [2.05, 4.69) is 27.5 Å². The first-order chi connectivity index (χ1) is 17.1. The zero-order valence-corrected chi connectivity index (χ0v) is 19.8. The Morgan fingerprint density at radius 3 is 2.60 bits per heavy atom. The van der Waals surface area contributed by atoms with Gasteiger partial charge in [-0.1, -0.05) is 18.2 Å². The first-order valence-electron chi connectivity index (χ1n) is 12.8. The average Bonchev–Trinajstić information content (AvgIpc) is 3.68. The molecule has 3 amide bonds. The molecular weight excluding hydrogens is 442 g/mol. The van der Waals surface area contributed by atoms with E-state index in [0.29, 0.717) is 48.5 Å². The second kappa shape index (κ2) is 8.98. The van der Waals surface area contributed by atoms with Gasteiger partial charge < -0.3 is 10.2 Å². The summed E-state index contributed by atoms with van der Waals surface area (Å²) in [5.74, 6) is 1.61. The Balaban J connectivity index is 1.07. The number of anilines is 1. The minimum absolute atomic E-state index is 0.0000426. The summed E-state index contributed by atoms with van der Waals surface area (Å²) in [6, 6.07) is 7.32. The number of nitrogens with zero attached hydrogens (tertiary/aromatic N) is 4. The number of carbonyl (C=O) groups is 3. The van der Waals surface area contributed by atoms with Crippen LogP contribution in [0.2, 0.25) is 0 Å². The Hall–Kier alpha value is -3.42. The van der Waals surface area contributed by atoms with Crippen LogP contribution < -0.4 is 10.2 Å². The maximum atomic E-state index is 13.2. The lowest BCUT2D eigenvalue weighted by Gasteiger charge is -2.34. The molecule has 2 aromatic rings. The SMILES string of the molecule is O=C(NC[C@H]1C[C@@H]2C=C[C@H]1C2)C1CCN(c2cccc3c2C(=O)N(CCn2cccn2)C3=O)CC1. The third kappa shape index (κ3) is 4.05. The number of hydrogen-bond acceptors (Lipinski definition) is 5. The molecule has 3 atom stereocenters. The van der Waals surface area contributed by atoms with E-state index in [-0.39, 0.29) is 30.2 Å². The summed E-state index contributed by atoms with van der Waals surface area (Å²) in [5, 5.41) is 7.37. The fourth-order valence-corrected chi connectivity index (χ4v) is 6.31. The number of fused-ring (bicyclic) bond motifs is 3. The van der Waals surface area contributed by atoms with Crippen LogP contribution in [0.25, 0.3) is 0 Å². The van der Waals surface area contributed by atoms with Crippen LogP contribution in [0.15, 0.2) is 48.8 Å². The van der Waals surface area contributed by atoms with E-state index in [9.17, 15) is 14.4 Å². The molecule has 8 heteroatoms. The van der Waals surface area contributed by atoms with Crippen LogP contribution in [0, 0.1) is 23.7 Å². The molecule has 1 aromatic heterocycles. The van der Waals surface area contributed by atoms with Gasteiger partial charge >= 0.3 is 0 Å². The number of allylic oxidation sites excluding steroid dienone is 2. The van der Waals surface area contributed by atoms with Crippen LogP contribution in [0.1, 0.15) is 46.4 Å². The molecule has 2 aliphatic heterocycles. The van der Waals surface area contributed by atoms with Crippen molar-refractivity contribution in [1.82, 2.24) is 20.0 Å². The number of imide groups is 1. The number of nitrogens with one attached hydrogen (secondary N) is 1. The van der Waals surface area contributed by atoms with Crippen molar-refractivity contribution in [2.24, 2.45) is 23.7 Å². The highest BCUT2D eigenvalue weighted by Crippen LogP contribution is 2.43. The van der Waals surface area contributed by atoms with E-state index in [1.54, 1.807) is 16.9 Å². The second-order valence-corrected chi connectivity index (χ2v) is 10.3. The van der Waals surface area contributed by atoms with Crippen molar-refractivity contribution < 1.29 is 14.4 Å². The fourth-order valence-electron chi connectivity index (χ4n) is 6.31. The van der Waals surface area contributed by atoms with Gasteiger partial charge in [0.25, 0.3) is 11.8 Å². The number of benzene rings is 1. The number of rotatable bonds is 7. The van der Waals surface area contributed by atoms with Crippen LogP contribution in [-0.4, -0.2) is 58.6 Å². The summed E-state index contributed by atoms with van der Waals surface area (Å²) in [7, 11) is 0. The van der Waals surface area contributed by atoms with Crippen LogP contribution in [-0.2, 0) is 11.3 Å². The van der Waals surface area contributed by atoms with Crippen LogP contribution in [0.3, 0.4) is 0 Å². The summed E-state index contributed by atoms with van der Waals surface area (Å²) in [6.07, 6.45) is 12.1. The minimum Gasteiger partial charge on any atom is -0.371 e. The molecule has 2 aliphatic carbocycles. The van der Waals surface area contributed by atoms with Crippen molar-refractivity contribution in [3.63, 3.8) is 0 Å². The van der Waals surface area contributed by atoms with Gasteiger partial charge in [0.2, 0.25) is 5.91 Å². The van der Waals surface area contributed by atoms with Gasteiger partial charge in [-0.05, 0) is 61.6 Å². The highest BCUT2D eigenvalue weighted by molar-refractivity contribution is 6.23. The number of carbonyl (C=O) groups excluding carboxylic acids is 3. The lowest BCUT2D eigenvalue weighted by molar-refractivity contribution is -0.125. The van der Waals surface area contributed by atoms with E-state index >= 15 is 0 Å². The summed E-state index contributed by atoms with van der Waals surface area (Å²) < 4.78 is 1.72. The first-order valence-corrected chi connectivity index (χ1v) is 12.8. The standard InChI is InChI=1S/C27H31N5O3/c33-25(28-17-21-16-18-5-6-20(21)15-18)19-7-11-30(12-8-19)23-4-1-3-22-24(23)27(35)32(26(22)34)14-13-31-10-2-9-29-31/h1-6,9-10,18-21H,7-8,11-17H2,(H,28,33)/t18-,20+,21-/m1/s1. The fraction of sp³-hybridized carbons (Fsp3) is 0.481. The maximum absolute atomic E-state index is 13.2. The average molecular weight is 474 g/mol. The van der Waals surface area contributed by atoms with Gasteiger partial charge in [0, 0.05) is 44.5 Å². The Labute approximate surface area is 205 Å². The quantitative estimate of drug-likeness (QED) is 0.494. The largest absolute Gasteiger partial charge is 0.371 e. The molecule has 1 N–H and O–H groups in total. The van der Waals surface area contributed by atoms with Crippen molar-refractivity contribution in [3.05, 3.63) is 59.9 Å². The maximum Gasteiger partial charge on any atom is 0.263 e. The third-order valence-corrected chi connectivity index (χ3v) is 8.25. The number of piperidine rings is 1. The predicted octanol–water partition coefficient (Wildman–Crippen LogP) is 2.72. The zero-order chi connectivity index (χ0) is 23.9. The topological polar surface area (TPSA) is 87.5 Å². The van der Waals surface area contributed by atoms with Crippen molar-refractivity contribution in [2.45, 2.75) is 32.2 Å². The van der Waals surface area contributed by atoms with Crippen molar-refractivity contribution in [2.75, 3.05) is 31.1 Å². The molecule has 0 radical (unpaired) electrons. The van der Waals surface area contributed by atoms with E-state index in [1.807, 2.05) is 24.4 Å². The molecule has 0 unspecified atom stereocenters. The van der Waals surface area contributed by atoms with Gasteiger partial charge in [-0.3, -0.25) is 24.0 Å². The Morgan fingerprint density at radius 2 is 1.89 bits per heavy atom. The Bertz CT molecular complexity index is 1170. The summed E-state index contributed by atoms with van der Waals surface area (Å²) in [5.41, 5.74) is 1.76. The van der Waals surface area contributed by atoms with Gasteiger partial charge in [0.1, 0.15) is 0 Å². The Kier molecular flexibility index (Phi) is 5.66. The molecule has 2 fully saturated rings. The van der Waals surface area contributed by atoms with Crippen molar-refractivity contribution in [1.29, 1.82) is 0 Å². The minimum atomic E-state index is -0.247. The molecule has 1 saturated carbocycles. The molecule has 4 aliphatic rings. The smallest absolute Gasteiger partial charge is 0.263 e. The molecule has 8 nitrogen and oxygen atoms in total. The number of amides is 3. The van der Waals surface area contributed by atoms with Gasteiger partial charge in [0.15, 0.2) is 0 Å². The normalized spacial score (nSPS) is 25.5. The first kappa shape index (κ1) is 22.1. The number of hydrogen-bond donors (Lipinski definition) is 1. The van der Waals surface area contributed by atoms with Gasteiger partial charge in [-0.2, -0.15) is 5.10 Å². The Morgan fingerprint density at radius 1 is 1.03 bits per heavy atom. The molecule has 35 heavy (non-hydrogen) atoms. The summed E-state index contributed by atoms with van der Waals surface area (Å²) in [6.45, 7) is 2.92. The summed E-state index contributed by atoms with van der Waals surface area (Å²) >= 11 is 0. The molecular formula is C27H31N5O3. The van der Waals surface area contributed by atoms with Crippen LogP contribution in [0.5, 0.6) is 0 Å². The molecule has 182 valence electrons. The second-order valence-electron chi connectivity index (χ2n) is 10.3. The molecule has 2 bridgehead atoms. The highest BCUT2D eigenvalue weighted by atomic mass is 16.2. The van der Waals surface area contributed by atoms with Crippen LogP contribution >= 0.6 is 0 Å². The van der Waals surface area contributed by atoms with Crippen molar-refractivity contribution >= 4 is 23.4 Å². The van der Waals surface area contributed by atoms with E-state index < -0.39 is 0 Å². The molecule has 3 heterocycles. The third-order valence-electron chi connectivity index (χ3n) is 8.25.